The number of pyridine rings is 1. The molecule has 7 heteroatoms. The summed E-state index contributed by atoms with van der Waals surface area (Å²) in [6.45, 7) is 8.91. The van der Waals surface area contributed by atoms with Gasteiger partial charge in [-0.15, -0.1) is 0 Å². The third-order valence-corrected chi connectivity index (χ3v) is 4.07. The van der Waals surface area contributed by atoms with Crippen LogP contribution in [0, 0.1) is 6.92 Å². The molecule has 1 amide bonds. The number of nitrogens with one attached hydrogen (secondary N) is 3. The highest BCUT2D eigenvalue weighted by molar-refractivity contribution is 5.84. The molecule has 1 aromatic heterocycles. The summed E-state index contributed by atoms with van der Waals surface area (Å²) in [4.78, 5) is 20.4. The van der Waals surface area contributed by atoms with Gasteiger partial charge in [0.2, 0.25) is 0 Å². The zero-order valence-corrected chi connectivity index (χ0v) is 17.9. The van der Waals surface area contributed by atoms with Gasteiger partial charge in [-0.2, -0.15) is 0 Å². The average molecular weight is 398 g/mol. The molecule has 29 heavy (non-hydrogen) atoms. The van der Waals surface area contributed by atoms with Crippen LogP contribution in [-0.2, 0) is 17.7 Å². The van der Waals surface area contributed by atoms with Gasteiger partial charge in [-0.25, -0.2) is 4.79 Å². The summed E-state index contributed by atoms with van der Waals surface area (Å²) in [6, 6.07) is 11.7. The standard InChI is InChI=1S/C22H31N5O2/c1-16-7-6-13-24-19(16)15-26-20(23-5)25-14-12-17-8-10-18(11-9-17)27-21(28)29-22(2,3)4/h6-11,13H,12,14-15H2,1-5H3,(H,27,28)(H2,23,25,26). The van der Waals surface area contributed by atoms with Crippen molar-refractivity contribution in [1.29, 1.82) is 0 Å². The lowest BCUT2D eigenvalue weighted by Crippen LogP contribution is -2.38. The van der Waals surface area contributed by atoms with Crippen molar-refractivity contribution in [2.75, 3.05) is 18.9 Å². The molecule has 0 aliphatic rings. The van der Waals surface area contributed by atoms with Crippen molar-refractivity contribution >= 4 is 17.7 Å². The van der Waals surface area contributed by atoms with Gasteiger partial charge < -0.3 is 15.4 Å². The predicted molar refractivity (Wildman–Crippen MR) is 117 cm³/mol. The lowest BCUT2D eigenvalue weighted by atomic mass is 10.1. The quantitative estimate of drug-likeness (QED) is 0.512. The maximum absolute atomic E-state index is 11.8. The lowest BCUT2D eigenvalue weighted by molar-refractivity contribution is 0.0636. The number of carbonyl (C=O) groups is 1. The van der Waals surface area contributed by atoms with E-state index in [4.69, 9.17) is 4.74 Å². The van der Waals surface area contributed by atoms with Crippen molar-refractivity contribution < 1.29 is 9.53 Å². The van der Waals surface area contributed by atoms with Gasteiger partial charge in [0.05, 0.1) is 12.2 Å². The Morgan fingerprint density at radius 3 is 2.48 bits per heavy atom. The van der Waals surface area contributed by atoms with E-state index in [-0.39, 0.29) is 0 Å². The molecule has 7 nitrogen and oxygen atoms in total. The molecule has 0 aliphatic heterocycles. The van der Waals surface area contributed by atoms with Crippen LogP contribution >= 0.6 is 0 Å². The fourth-order valence-corrected chi connectivity index (χ4v) is 2.59. The van der Waals surface area contributed by atoms with Crippen LogP contribution in [0.3, 0.4) is 0 Å². The van der Waals surface area contributed by atoms with Gasteiger partial charge in [0.15, 0.2) is 5.96 Å². The Morgan fingerprint density at radius 2 is 1.86 bits per heavy atom. The Labute approximate surface area is 173 Å². The van der Waals surface area contributed by atoms with Crippen LogP contribution < -0.4 is 16.0 Å². The molecule has 1 heterocycles. The Morgan fingerprint density at radius 1 is 1.14 bits per heavy atom. The number of benzene rings is 1. The first-order valence-electron chi connectivity index (χ1n) is 9.71. The van der Waals surface area contributed by atoms with Crippen molar-refractivity contribution in [2.45, 2.75) is 46.3 Å². The monoisotopic (exact) mass is 397 g/mol. The predicted octanol–water partition coefficient (Wildman–Crippen LogP) is 3.64. The van der Waals surface area contributed by atoms with Crippen LogP contribution in [-0.4, -0.2) is 36.2 Å². The number of guanidine groups is 1. The summed E-state index contributed by atoms with van der Waals surface area (Å²) in [5.74, 6) is 0.735. The summed E-state index contributed by atoms with van der Waals surface area (Å²) in [7, 11) is 1.75. The molecule has 0 fully saturated rings. The SMILES string of the molecule is CN=C(NCCc1ccc(NC(=O)OC(C)(C)C)cc1)NCc1ncccc1C. The summed E-state index contributed by atoms with van der Waals surface area (Å²) in [5, 5.41) is 9.31. The van der Waals surface area contributed by atoms with Crippen molar-refractivity contribution in [2.24, 2.45) is 4.99 Å². The third-order valence-electron chi connectivity index (χ3n) is 4.07. The molecular weight excluding hydrogens is 366 g/mol. The highest BCUT2D eigenvalue weighted by atomic mass is 16.6. The van der Waals surface area contributed by atoms with E-state index >= 15 is 0 Å². The van der Waals surface area contributed by atoms with Crippen LogP contribution in [0.4, 0.5) is 10.5 Å². The highest BCUT2D eigenvalue weighted by Crippen LogP contribution is 2.13. The Bertz CT molecular complexity index is 826. The number of nitrogens with zero attached hydrogens (tertiary/aromatic N) is 2. The third kappa shape index (κ3) is 8.21. The number of aromatic nitrogens is 1. The number of aliphatic imine (C=N–C) groups is 1. The largest absolute Gasteiger partial charge is 0.444 e. The minimum atomic E-state index is -0.516. The number of aryl methyl sites for hydroxylation is 1. The number of ether oxygens (including phenoxy) is 1. The smallest absolute Gasteiger partial charge is 0.412 e. The normalized spacial score (nSPS) is 11.7. The molecule has 0 saturated carbocycles. The van der Waals surface area contributed by atoms with Crippen LogP contribution in [0.5, 0.6) is 0 Å². The number of carbonyl (C=O) groups excluding carboxylic acids is 1. The summed E-state index contributed by atoms with van der Waals surface area (Å²) < 4.78 is 5.25. The van der Waals surface area contributed by atoms with Crippen LogP contribution in [0.2, 0.25) is 0 Å². The maximum atomic E-state index is 11.8. The van der Waals surface area contributed by atoms with Gasteiger partial charge in [-0.1, -0.05) is 18.2 Å². The van der Waals surface area contributed by atoms with Gasteiger partial charge in [0.25, 0.3) is 0 Å². The molecule has 0 spiro atoms. The molecule has 3 N–H and O–H groups in total. The molecule has 2 aromatic rings. The van der Waals surface area contributed by atoms with Crippen molar-refractivity contribution in [1.82, 2.24) is 15.6 Å². The van der Waals surface area contributed by atoms with E-state index in [1.54, 1.807) is 13.2 Å². The second-order valence-electron chi connectivity index (χ2n) is 7.69. The maximum Gasteiger partial charge on any atom is 0.412 e. The first kappa shape index (κ1) is 22.2. The van der Waals surface area contributed by atoms with E-state index in [9.17, 15) is 4.79 Å². The number of hydrogen-bond acceptors (Lipinski definition) is 4. The summed E-state index contributed by atoms with van der Waals surface area (Å²) >= 11 is 0. The molecule has 0 aliphatic carbocycles. The zero-order valence-electron chi connectivity index (χ0n) is 17.9. The zero-order chi connectivity index (χ0) is 21.3. The lowest BCUT2D eigenvalue weighted by Gasteiger charge is -2.19. The molecule has 0 unspecified atom stereocenters. The van der Waals surface area contributed by atoms with Crippen LogP contribution in [0.25, 0.3) is 0 Å². The highest BCUT2D eigenvalue weighted by Gasteiger charge is 2.16. The minimum absolute atomic E-state index is 0.454. The number of amides is 1. The second-order valence-corrected chi connectivity index (χ2v) is 7.69. The number of anilines is 1. The minimum Gasteiger partial charge on any atom is -0.444 e. The molecule has 0 saturated heterocycles. The van der Waals surface area contributed by atoms with E-state index in [0.717, 1.165) is 35.7 Å². The molecule has 0 atom stereocenters. The molecule has 156 valence electrons. The Hall–Kier alpha value is -3.09. The first-order chi connectivity index (χ1) is 13.8. The van der Waals surface area contributed by atoms with E-state index in [1.165, 1.54) is 0 Å². The van der Waals surface area contributed by atoms with Gasteiger partial charge >= 0.3 is 6.09 Å². The fraction of sp³-hybridized carbons (Fsp3) is 0.409. The van der Waals surface area contributed by atoms with Crippen molar-refractivity contribution in [3.8, 4) is 0 Å². The Balaban J connectivity index is 1.76. The summed E-state index contributed by atoms with van der Waals surface area (Å²) in [5.41, 5.74) is 3.50. The second kappa shape index (κ2) is 10.5. The van der Waals surface area contributed by atoms with Gasteiger partial charge in [0, 0.05) is 25.5 Å². The molecule has 0 bridgehead atoms. The van der Waals surface area contributed by atoms with Gasteiger partial charge in [-0.3, -0.25) is 15.3 Å². The number of hydrogen-bond donors (Lipinski definition) is 3. The van der Waals surface area contributed by atoms with Crippen molar-refractivity contribution in [3.63, 3.8) is 0 Å². The van der Waals surface area contributed by atoms with Crippen molar-refractivity contribution in [3.05, 3.63) is 59.4 Å². The van der Waals surface area contributed by atoms with E-state index in [0.29, 0.717) is 12.2 Å². The van der Waals surface area contributed by atoms with Crippen LogP contribution in [0.15, 0.2) is 47.6 Å². The van der Waals surface area contributed by atoms with Gasteiger partial charge in [0.1, 0.15) is 5.60 Å². The van der Waals surface area contributed by atoms with E-state index in [2.05, 4.69) is 25.9 Å². The number of rotatable bonds is 6. The molecular formula is C22H31N5O2. The van der Waals surface area contributed by atoms with E-state index in [1.807, 2.05) is 64.1 Å². The Kier molecular flexibility index (Phi) is 8.00. The molecule has 2 rings (SSSR count). The van der Waals surface area contributed by atoms with E-state index < -0.39 is 11.7 Å². The van der Waals surface area contributed by atoms with Gasteiger partial charge in [-0.05, 0) is 63.4 Å². The average Bonchev–Trinajstić information content (AvgIpc) is 2.65. The molecule has 1 aromatic carbocycles. The summed E-state index contributed by atoms with van der Waals surface area (Å²) in [6.07, 6.45) is 2.17. The first-order valence-corrected chi connectivity index (χ1v) is 9.71. The fourth-order valence-electron chi connectivity index (χ4n) is 2.59. The topological polar surface area (TPSA) is 87.6 Å². The molecule has 0 radical (unpaired) electrons. The van der Waals surface area contributed by atoms with Crippen LogP contribution in [0.1, 0.15) is 37.6 Å².